The van der Waals surface area contributed by atoms with E-state index in [2.05, 4.69) is 20.3 Å². The number of methoxy groups -OCH3 is 1. The molecule has 0 aliphatic carbocycles. The van der Waals surface area contributed by atoms with Gasteiger partial charge in [-0.2, -0.15) is 0 Å². The number of hydrogen-bond donors (Lipinski definition) is 0. The van der Waals surface area contributed by atoms with E-state index in [1.807, 2.05) is 0 Å². The van der Waals surface area contributed by atoms with Crippen molar-refractivity contribution in [2.45, 2.75) is 20.3 Å². The summed E-state index contributed by atoms with van der Waals surface area (Å²) in [5.74, 6) is 0.699. The van der Waals surface area contributed by atoms with E-state index in [-0.39, 0.29) is 0 Å². The summed E-state index contributed by atoms with van der Waals surface area (Å²) in [4.78, 5) is 0. The minimum atomic E-state index is 0.699. The van der Waals surface area contributed by atoms with E-state index >= 15 is 0 Å². The lowest BCUT2D eigenvalue weighted by Gasteiger charge is -2.00. The Balaban J connectivity index is 2.72. The minimum Gasteiger partial charge on any atom is -0.385 e. The summed E-state index contributed by atoms with van der Waals surface area (Å²) in [5.41, 5.74) is 0. The highest BCUT2D eigenvalue weighted by Gasteiger charge is 1.91. The molecule has 0 amide bonds. The Morgan fingerprint density at radius 3 is 2.50 bits per heavy atom. The molecule has 0 aliphatic heterocycles. The quantitative estimate of drug-likeness (QED) is 0.508. The van der Waals surface area contributed by atoms with Crippen LogP contribution in [0, 0.1) is 12.3 Å². The molecule has 8 heavy (non-hydrogen) atoms. The Morgan fingerprint density at radius 1 is 1.50 bits per heavy atom. The first kappa shape index (κ1) is 7.96. The van der Waals surface area contributed by atoms with Gasteiger partial charge in [0.25, 0.3) is 0 Å². The molecule has 1 heteroatoms. The number of rotatable bonds is 4. The summed E-state index contributed by atoms with van der Waals surface area (Å²) in [6, 6.07) is 0. The van der Waals surface area contributed by atoms with E-state index in [9.17, 15) is 0 Å². The third-order valence-electron chi connectivity index (χ3n) is 0.960. The fourth-order valence-corrected chi connectivity index (χ4v) is 0.519. The Bertz CT molecular complexity index is 41.7. The van der Waals surface area contributed by atoms with Crippen LogP contribution in [-0.4, -0.2) is 13.7 Å². The average molecular weight is 115 g/mol. The topological polar surface area (TPSA) is 9.23 Å². The molecule has 0 heterocycles. The van der Waals surface area contributed by atoms with Crippen LogP contribution in [-0.2, 0) is 4.74 Å². The van der Waals surface area contributed by atoms with Crippen molar-refractivity contribution in [3.8, 4) is 0 Å². The minimum absolute atomic E-state index is 0.699. The van der Waals surface area contributed by atoms with Gasteiger partial charge in [-0.25, -0.2) is 0 Å². The van der Waals surface area contributed by atoms with Gasteiger partial charge < -0.3 is 4.74 Å². The van der Waals surface area contributed by atoms with Crippen LogP contribution in [0.5, 0.6) is 0 Å². The summed E-state index contributed by atoms with van der Waals surface area (Å²) in [5, 5.41) is 0. The van der Waals surface area contributed by atoms with E-state index in [0.717, 1.165) is 13.0 Å². The number of hydrogen-bond acceptors (Lipinski definition) is 1. The average Bonchev–Trinajstić information content (AvgIpc) is 1.66. The van der Waals surface area contributed by atoms with Crippen molar-refractivity contribution >= 4 is 0 Å². The Hall–Kier alpha value is -0.0400. The van der Waals surface area contributed by atoms with Crippen molar-refractivity contribution in [1.29, 1.82) is 0 Å². The molecule has 0 rings (SSSR count). The lowest BCUT2D eigenvalue weighted by molar-refractivity contribution is 0.199. The van der Waals surface area contributed by atoms with Crippen LogP contribution in [0.4, 0.5) is 0 Å². The highest BCUT2D eigenvalue weighted by molar-refractivity contribution is 4.67. The molecular weight excluding hydrogens is 100 g/mol. The number of ether oxygens (including phenoxy) is 1. The predicted octanol–water partition coefficient (Wildman–Crippen LogP) is 1.88. The van der Waals surface area contributed by atoms with Gasteiger partial charge in [-0.05, 0) is 18.8 Å². The van der Waals surface area contributed by atoms with Crippen molar-refractivity contribution in [2.75, 3.05) is 13.7 Å². The summed E-state index contributed by atoms with van der Waals surface area (Å²) in [6.07, 6.45) is 3.33. The highest BCUT2D eigenvalue weighted by atomic mass is 16.5. The van der Waals surface area contributed by atoms with Gasteiger partial charge in [0, 0.05) is 13.7 Å². The summed E-state index contributed by atoms with van der Waals surface area (Å²) < 4.78 is 4.86. The van der Waals surface area contributed by atoms with E-state index in [0.29, 0.717) is 5.92 Å². The van der Waals surface area contributed by atoms with Gasteiger partial charge in [0.2, 0.25) is 0 Å². The van der Waals surface area contributed by atoms with Gasteiger partial charge in [0.15, 0.2) is 0 Å². The first-order chi connectivity index (χ1) is 3.77. The molecule has 1 radical (unpaired) electrons. The van der Waals surface area contributed by atoms with Crippen LogP contribution < -0.4 is 0 Å². The van der Waals surface area contributed by atoms with Crippen LogP contribution in [0.15, 0.2) is 0 Å². The lowest BCUT2D eigenvalue weighted by Crippen LogP contribution is -1.93. The Kier molecular flexibility index (Phi) is 5.08. The van der Waals surface area contributed by atoms with E-state index < -0.39 is 0 Å². The molecule has 0 aliphatic rings. The van der Waals surface area contributed by atoms with Crippen molar-refractivity contribution in [3.63, 3.8) is 0 Å². The maximum absolute atomic E-state index is 4.86. The molecule has 0 unspecified atom stereocenters. The Labute approximate surface area is 52.0 Å². The smallest absolute Gasteiger partial charge is 0.0465 e. The molecule has 0 spiro atoms. The molecule has 0 aromatic rings. The summed E-state index contributed by atoms with van der Waals surface area (Å²) in [6.45, 7) is 5.21. The summed E-state index contributed by atoms with van der Waals surface area (Å²) >= 11 is 0. The third-order valence-corrected chi connectivity index (χ3v) is 0.960. The van der Waals surface area contributed by atoms with Gasteiger partial charge in [0.05, 0.1) is 0 Å². The van der Waals surface area contributed by atoms with Crippen molar-refractivity contribution < 1.29 is 4.74 Å². The molecule has 0 N–H and O–H groups in total. The molecule has 0 aromatic heterocycles. The molecule has 0 saturated carbocycles. The SMILES string of the molecule is COCC[CH]C(C)C. The monoisotopic (exact) mass is 115 g/mol. The molecule has 0 bridgehead atoms. The van der Waals surface area contributed by atoms with Crippen LogP contribution in [0.1, 0.15) is 20.3 Å². The maximum Gasteiger partial charge on any atom is 0.0465 e. The third kappa shape index (κ3) is 5.96. The van der Waals surface area contributed by atoms with Gasteiger partial charge in [-0.3, -0.25) is 0 Å². The second-order valence-electron chi connectivity index (χ2n) is 2.26. The lowest BCUT2D eigenvalue weighted by atomic mass is 10.1. The Morgan fingerprint density at radius 2 is 2.12 bits per heavy atom. The zero-order valence-electron chi connectivity index (χ0n) is 5.98. The molecule has 1 nitrogen and oxygen atoms in total. The molecule has 49 valence electrons. The first-order valence-electron chi connectivity index (χ1n) is 3.09. The second kappa shape index (κ2) is 5.10. The van der Waals surface area contributed by atoms with Crippen molar-refractivity contribution in [2.24, 2.45) is 5.92 Å². The largest absolute Gasteiger partial charge is 0.385 e. The van der Waals surface area contributed by atoms with Gasteiger partial charge in [0.1, 0.15) is 0 Å². The molecule has 0 atom stereocenters. The second-order valence-corrected chi connectivity index (χ2v) is 2.26. The van der Waals surface area contributed by atoms with Crippen LogP contribution in [0.3, 0.4) is 0 Å². The van der Waals surface area contributed by atoms with Gasteiger partial charge in [-0.15, -0.1) is 0 Å². The molecule has 0 aromatic carbocycles. The van der Waals surface area contributed by atoms with Crippen LogP contribution >= 0.6 is 0 Å². The van der Waals surface area contributed by atoms with Crippen LogP contribution in [0.2, 0.25) is 0 Å². The predicted molar refractivity (Wildman–Crippen MR) is 35.6 cm³/mol. The molecule has 0 saturated heterocycles. The van der Waals surface area contributed by atoms with E-state index in [1.54, 1.807) is 7.11 Å². The fraction of sp³-hybridized carbons (Fsp3) is 0.857. The first-order valence-corrected chi connectivity index (χ1v) is 3.09. The van der Waals surface area contributed by atoms with Crippen molar-refractivity contribution in [1.82, 2.24) is 0 Å². The zero-order valence-corrected chi connectivity index (χ0v) is 5.98. The highest BCUT2D eigenvalue weighted by Crippen LogP contribution is 2.00. The van der Waals surface area contributed by atoms with E-state index in [4.69, 9.17) is 4.74 Å². The maximum atomic E-state index is 4.86. The summed E-state index contributed by atoms with van der Waals surface area (Å²) in [7, 11) is 1.73. The molecular formula is C7H15O. The van der Waals surface area contributed by atoms with E-state index in [1.165, 1.54) is 0 Å². The normalized spacial score (nSPS) is 10.5. The fourth-order valence-electron chi connectivity index (χ4n) is 0.519. The van der Waals surface area contributed by atoms with Crippen LogP contribution in [0.25, 0.3) is 0 Å². The van der Waals surface area contributed by atoms with Gasteiger partial charge in [-0.1, -0.05) is 13.8 Å². The molecule has 0 fully saturated rings. The van der Waals surface area contributed by atoms with Gasteiger partial charge >= 0.3 is 0 Å². The zero-order chi connectivity index (χ0) is 6.41. The van der Waals surface area contributed by atoms with Crippen molar-refractivity contribution in [3.05, 3.63) is 6.42 Å². The standard InChI is InChI=1S/C7H15O/c1-7(2)5-4-6-8-3/h5,7H,4,6H2,1-3H3.